The first-order valence-corrected chi connectivity index (χ1v) is 7.92. The first-order chi connectivity index (χ1) is 11.1. The van der Waals surface area contributed by atoms with Crippen molar-refractivity contribution in [1.82, 2.24) is 20.1 Å². The Morgan fingerprint density at radius 1 is 1.30 bits per heavy atom. The second-order valence-corrected chi connectivity index (χ2v) is 5.93. The quantitative estimate of drug-likeness (QED) is 0.762. The lowest BCUT2D eigenvalue weighted by molar-refractivity contribution is 0.480. The Hall–Kier alpha value is -2.40. The van der Waals surface area contributed by atoms with Crippen LogP contribution in [0.15, 0.2) is 41.3 Å². The van der Waals surface area contributed by atoms with Crippen LogP contribution in [0.1, 0.15) is 36.3 Å². The van der Waals surface area contributed by atoms with Gasteiger partial charge < -0.3 is 10.3 Å². The Morgan fingerprint density at radius 3 is 2.83 bits per heavy atom. The van der Waals surface area contributed by atoms with Crippen LogP contribution < -0.4 is 10.7 Å². The fourth-order valence-corrected chi connectivity index (χ4v) is 2.93. The third-order valence-corrected chi connectivity index (χ3v) is 4.20. The van der Waals surface area contributed by atoms with E-state index in [2.05, 4.69) is 22.3 Å². The molecule has 3 rings (SSSR count). The molecule has 0 aliphatic heterocycles. The van der Waals surface area contributed by atoms with Crippen LogP contribution in [0.25, 0.3) is 10.9 Å². The van der Waals surface area contributed by atoms with Gasteiger partial charge in [0.25, 0.3) is 0 Å². The minimum Gasteiger partial charge on any atom is -0.357 e. The monoisotopic (exact) mass is 310 g/mol. The summed E-state index contributed by atoms with van der Waals surface area (Å²) in [6.45, 7) is 4.74. The number of pyridine rings is 1. The van der Waals surface area contributed by atoms with Gasteiger partial charge in [-0.15, -0.1) is 0 Å². The SMILES string of the molecule is CCC(NCc1cc(=O)c2cc(C)ccc2[nH]1)c1ccnn1C. The van der Waals surface area contributed by atoms with Gasteiger partial charge in [-0.25, -0.2) is 0 Å². The molecule has 5 heteroatoms. The largest absolute Gasteiger partial charge is 0.357 e. The number of aromatic nitrogens is 3. The molecule has 2 aromatic heterocycles. The molecule has 120 valence electrons. The Morgan fingerprint density at radius 2 is 2.13 bits per heavy atom. The summed E-state index contributed by atoms with van der Waals surface area (Å²) >= 11 is 0. The average molecular weight is 310 g/mol. The molecule has 0 bridgehead atoms. The van der Waals surface area contributed by atoms with E-state index in [1.165, 1.54) is 0 Å². The minimum atomic E-state index is 0.0628. The van der Waals surface area contributed by atoms with Crippen molar-refractivity contribution in [2.75, 3.05) is 0 Å². The number of aromatic amines is 1. The molecule has 1 unspecified atom stereocenters. The molecule has 3 aromatic rings. The maximum absolute atomic E-state index is 12.3. The van der Waals surface area contributed by atoms with Crippen molar-refractivity contribution in [2.45, 2.75) is 32.9 Å². The summed E-state index contributed by atoms with van der Waals surface area (Å²) < 4.78 is 1.88. The van der Waals surface area contributed by atoms with Crippen LogP contribution in [0.2, 0.25) is 0 Å². The smallest absolute Gasteiger partial charge is 0.189 e. The molecule has 1 aromatic carbocycles. The minimum absolute atomic E-state index is 0.0628. The van der Waals surface area contributed by atoms with Gasteiger partial charge >= 0.3 is 0 Å². The summed E-state index contributed by atoms with van der Waals surface area (Å²) in [6.07, 6.45) is 2.76. The number of hydrogen-bond donors (Lipinski definition) is 2. The van der Waals surface area contributed by atoms with Gasteiger partial charge in [0.05, 0.1) is 5.69 Å². The molecule has 2 heterocycles. The highest BCUT2D eigenvalue weighted by molar-refractivity contribution is 5.79. The molecular weight excluding hydrogens is 288 g/mol. The number of hydrogen-bond acceptors (Lipinski definition) is 3. The highest BCUT2D eigenvalue weighted by atomic mass is 16.1. The van der Waals surface area contributed by atoms with Gasteiger partial charge in [0.1, 0.15) is 0 Å². The molecule has 0 saturated carbocycles. The fourth-order valence-electron chi connectivity index (χ4n) is 2.93. The van der Waals surface area contributed by atoms with E-state index in [0.717, 1.165) is 34.3 Å². The van der Waals surface area contributed by atoms with Gasteiger partial charge in [-0.1, -0.05) is 18.6 Å². The molecule has 0 spiro atoms. The second-order valence-electron chi connectivity index (χ2n) is 5.93. The van der Waals surface area contributed by atoms with Gasteiger partial charge in [-0.3, -0.25) is 9.48 Å². The van der Waals surface area contributed by atoms with Gasteiger partial charge in [0.15, 0.2) is 5.43 Å². The van der Waals surface area contributed by atoms with Crippen LogP contribution in [0, 0.1) is 6.92 Å². The van der Waals surface area contributed by atoms with Crippen LogP contribution >= 0.6 is 0 Å². The Bertz CT molecular complexity index is 878. The summed E-state index contributed by atoms with van der Waals surface area (Å²) in [7, 11) is 1.94. The summed E-state index contributed by atoms with van der Waals surface area (Å²) in [5, 5.41) is 8.47. The molecule has 0 radical (unpaired) electrons. The number of fused-ring (bicyclic) bond motifs is 1. The van der Waals surface area contributed by atoms with Crippen molar-refractivity contribution in [2.24, 2.45) is 7.05 Å². The lowest BCUT2D eigenvalue weighted by Gasteiger charge is -2.17. The van der Waals surface area contributed by atoms with Crippen LogP contribution in [-0.4, -0.2) is 14.8 Å². The van der Waals surface area contributed by atoms with Crippen molar-refractivity contribution >= 4 is 10.9 Å². The fraction of sp³-hybridized carbons (Fsp3) is 0.333. The second kappa shape index (κ2) is 6.38. The molecule has 0 aliphatic rings. The lowest BCUT2D eigenvalue weighted by atomic mass is 10.1. The van der Waals surface area contributed by atoms with E-state index >= 15 is 0 Å². The summed E-state index contributed by atoms with van der Waals surface area (Å²) in [5.41, 5.74) is 4.08. The number of benzene rings is 1. The Kier molecular flexibility index (Phi) is 4.30. The third-order valence-electron chi connectivity index (χ3n) is 4.20. The van der Waals surface area contributed by atoms with Crippen molar-refractivity contribution in [3.05, 3.63) is 63.7 Å². The Labute approximate surface area is 135 Å². The molecule has 5 nitrogen and oxygen atoms in total. The number of nitrogens with zero attached hydrogens (tertiary/aromatic N) is 2. The normalized spacial score (nSPS) is 12.7. The highest BCUT2D eigenvalue weighted by Gasteiger charge is 2.12. The van der Waals surface area contributed by atoms with Gasteiger partial charge in [-0.2, -0.15) is 5.10 Å². The first-order valence-electron chi connectivity index (χ1n) is 7.92. The van der Waals surface area contributed by atoms with E-state index in [0.29, 0.717) is 6.54 Å². The third kappa shape index (κ3) is 3.19. The standard InChI is InChI=1S/C18H22N4O/c1-4-15(17-7-8-20-22(17)3)19-11-13-10-18(23)14-9-12(2)5-6-16(14)21-13/h5-10,15,19H,4,11H2,1-3H3,(H,21,23). The van der Waals surface area contributed by atoms with E-state index < -0.39 is 0 Å². The average Bonchev–Trinajstić information content (AvgIpc) is 2.95. The van der Waals surface area contributed by atoms with Crippen LogP contribution in [0.3, 0.4) is 0 Å². The zero-order chi connectivity index (χ0) is 16.4. The van der Waals surface area contributed by atoms with Crippen molar-refractivity contribution in [1.29, 1.82) is 0 Å². The van der Waals surface area contributed by atoms with E-state index in [9.17, 15) is 4.79 Å². The van der Waals surface area contributed by atoms with Crippen LogP contribution in [-0.2, 0) is 13.6 Å². The van der Waals surface area contributed by atoms with Crippen molar-refractivity contribution in [3.8, 4) is 0 Å². The van der Waals surface area contributed by atoms with Crippen molar-refractivity contribution < 1.29 is 0 Å². The molecule has 0 saturated heterocycles. The first kappa shape index (κ1) is 15.5. The zero-order valence-corrected chi connectivity index (χ0v) is 13.8. The summed E-state index contributed by atoms with van der Waals surface area (Å²) in [4.78, 5) is 15.6. The van der Waals surface area contributed by atoms with Crippen molar-refractivity contribution in [3.63, 3.8) is 0 Å². The van der Waals surface area contributed by atoms with E-state index in [1.54, 1.807) is 12.3 Å². The molecule has 0 aliphatic carbocycles. The highest BCUT2D eigenvalue weighted by Crippen LogP contribution is 2.16. The number of aryl methyl sites for hydroxylation is 2. The predicted octanol–water partition coefficient (Wildman–Crippen LogP) is 2.81. The molecule has 1 atom stereocenters. The van der Waals surface area contributed by atoms with Gasteiger partial charge in [0, 0.05) is 48.5 Å². The number of nitrogens with one attached hydrogen (secondary N) is 2. The predicted molar refractivity (Wildman–Crippen MR) is 92.4 cm³/mol. The van der Waals surface area contributed by atoms with Gasteiger partial charge in [-0.05, 0) is 31.5 Å². The molecular formula is C18H22N4O. The van der Waals surface area contributed by atoms with Crippen LogP contribution in [0.4, 0.5) is 0 Å². The van der Waals surface area contributed by atoms with E-state index in [-0.39, 0.29) is 11.5 Å². The molecule has 23 heavy (non-hydrogen) atoms. The zero-order valence-electron chi connectivity index (χ0n) is 13.8. The molecule has 0 amide bonds. The topological polar surface area (TPSA) is 62.7 Å². The molecule has 2 N–H and O–H groups in total. The van der Waals surface area contributed by atoms with Gasteiger partial charge in [0.2, 0.25) is 0 Å². The lowest BCUT2D eigenvalue weighted by Crippen LogP contribution is -2.23. The Balaban J connectivity index is 1.83. The van der Waals surface area contributed by atoms with E-state index in [4.69, 9.17) is 0 Å². The number of rotatable bonds is 5. The molecule has 0 fully saturated rings. The number of H-pyrrole nitrogens is 1. The maximum Gasteiger partial charge on any atom is 0.189 e. The van der Waals surface area contributed by atoms with Crippen LogP contribution in [0.5, 0.6) is 0 Å². The summed E-state index contributed by atoms with van der Waals surface area (Å²) in [5.74, 6) is 0. The maximum atomic E-state index is 12.3. The van der Waals surface area contributed by atoms with E-state index in [1.807, 2.05) is 42.9 Å². The summed E-state index contributed by atoms with van der Waals surface area (Å²) in [6, 6.07) is 9.82.